The predicted molar refractivity (Wildman–Crippen MR) is 127 cm³/mol. The number of carbonyl (C=O) groups is 1. The van der Waals surface area contributed by atoms with Crippen LogP contribution in [-0.2, 0) is 4.79 Å². The first-order chi connectivity index (χ1) is 15.5. The number of benzene rings is 2. The Morgan fingerprint density at radius 1 is 1.06 bits per heavy atom. The summed E-state index contributed by atoms with van der Waals surface area (Å²) in [6, 6.07) is 15.5. The Balaban J connectivity index is 1.38. The molecule has 0 unspecified atom stereocenters. The number of nitrogens with zero attached hydrogens (tertiary/aromatic N) is 5. The van der Waals surface area contributed by atoms with Crippen molar-refractivity contribution in [2.75, 3.05) is 11.1 Å². The van der Waals surface area contributed by atoms with Gasteiger partial charge < -0.3 is 5.32 Å². The maximum atomic E-state index is 12.5. The SMILES string of the molecule is Cc1cccc(C)c1NC(=O)CSc1nnc2c3cc(-c4ccc(Cl)cc4)nn3ccn12. The average Bonchev–Trinajstić information content (AvgIpc) is 3.39. The van der Waals surface area contributed by atoms with E-state index in [1.165, 1.54) is 11.8 Å². The van der Waals surface area contributed by atoms with Crippen molar-refractivity contribution in [3.63, 3.8) is 0 Å². The van der Waals surface area contributed by atoms with Gasteiger partial charge in [-0.3, -0.25) is 9.20 Å². The summed E-state index contributed by atoms with van der Waals surface area (Å²) in [4.78, 5) is 12.5. The number of rotatable bonds is 5. The van der Waals surface area contributed by atoms with E-state index in [0.29, 0.717) is 15.8 Å². The Morgan fingerprint density at radius 3 is 2.56 bits per heavy atom. The molecule has 0 saturated heterocycles. The third kappa shape index (κ3) is 3.83. The summed E-state index contributed by atoms with van der Waals surface area (Å²) in [5, 5.41) is 17.6. The van der Waals surface area contributed by atoms with E-state index in [1.807, 2.05) is 79.2 Å². The molecule has 3 heterocycles. The topological polar surface area (TPSA) is 76.6 Å². The molecule has 0 spiro atoms. The number of anilines is 1. The van der Waals surface area contributed by atoms with Gasteiger partial charge in [0.05, 0.1) is 11.4 Å². The lowest BCUT2D eigenvalue weighted by Gasteiger charge is -2.10. The van der Waals surface area contributed by atoms with Gasteiger partial charge in [-0.05, 0) is 43.2 Å². The highest BCUT2D eigenvalue weighted by Gasteiger charge is 2.15. The number of amides is 1. The summed E-state index contributed by atoms with van der Waals surface area (Å²) in [5.41, 5.74) is 6.23. The van der Waals surface area contributed by atoms with Crippen molar-refractivity contribution in [2.45, 2.75) is 19.0 Å². The van der Waals surface area contributed by atoms with Gasteiger partial charge in [0.15, 0.2) is 10.8 Å². The molecule has 0 aliphatic heterocycles. The lowest BCUT2D eigenvalue weighted by molar-refractivity contribution is -0.113. The quantitative estimate of drug-likeness (QED) is 0.370. The molecule has 0 aliphatic rings. The van der Waals surface area contributed by atoms with Crippen molar-refractivity contribution in [3.8, 4) is 11.3 Å². The van der Waals surface area contributed by atoms with Crippen LogP contribution in [0.4, 0.5) is 5.69 Å². The van der Waals surface area contributed by atoms with Crippen LogP contribution in [0, 0.1) is 13.8 Å². The van der Waals surface area contributed by atoms with E-state index in [1.54, 1.807) is 4.52 Å². The van der Waals surface area contributed by atoms with Crippen molar-refractivity contribution in [1.29, 1.82) is 0 Å². The normalized spacial score (nSPS) is 11.3. The van der Waals surface area contributed by atoms with E-state index in [-0.39, 0.29) is 11.7 Å². The Morgan fingerprint density at radius 2 is 1.81 bits per heavy atom. The molecule has 0 bridgehead atoms. The standard InChI is InChI=1S/C23H19ClN6OS/c1-14-4-3-5-15(2)21(14)25-20(31)13-32-23-27-26-22-19-12-18(16-6-8-17(24)9-7-16)28-30(19)11-10-29(22)23/h3-12H,13H2,1-2H3,(H,25,31). The van der Waals surface area contributed by atoms with Crippen LogP contribution in [0.3, 0.4) is 0 Å². The zero-order chi connectivity index (χ0) is 22.2. The molecule has 1 N–H and O–H groups in total. The number of carbonyl (C=O) groups excluding carboxylic acids is 1. The Labute approximate surface area is 193 Å². The molecule has 0 radical (unpaired) electrons. The van der Waals surface area contributed by atoms with Crippen LogP contribution in [0.25, 0.3) is 22.4 Å². The number of para-hydroxylation sites is 1. The molecule has 0 atom stereocenters. The monoisotopic (exact) mass is 462 g/mol. The summed E-state index contributed by atoms with van der Waals surface area (Å²) >= 11 is 7.34. The zero-order valence-electron chi connectivity index (χ0n) is 17.4. The van der Waals surface area contributed by atoms with Crippen LogP contribution >= 0.6 is 23.4 Å². The second kappa shape index (κ2) is 8.29. The molecular formula is C23H19ClN6OS. The minimum Gasteiger partial charge on any atom is -0.325 e. The molecule has 9 heteroatoms. The third-order valence-electron chi connectivity index (χ3n) is 5.20. The second-order valence-corrected chi connectivity index (χ2v) is 8.82. The molecule has 2 aromatic carbocycles. The molecule has 0 aliphatic carbocycles. The molecule has 1 amide bonds. The number of hydrogen-bond acceptors (Lipinski definition) is 5. The number of halogens is 1. The molecule has 3 aromatic heterocycles. The summed E-state index contributed by atoms with van der Waals surface area (Å²) in [7, 11) is 0. The van der Waals surface area contributed by atoms with Crippen LogP contribution in [0.15, 0.2) is 66.1 Å². The van der Waals surface area contributed by atoms with Gasteiger partial charge in [0.25, 0.3) is 0 Å². The molecule has 0 fully saturated rings. The van der Waals surface area contributed by atoms with Gasteiger partial charge in [-0.1, -0.05) is 53.7 Å². The fourth-order valence-corrected chi connectivity index (χ4v) is 4.41. The first kappa shape index (κ1) is 20.5. The Bertz CT molecular complexity index is 1440. The highest BCUT2D eigenvalue weighted by Crippen LogP contribution is 2.26. The van der Waals surface area contributed by atoms with Gasteiger partial charge in [-0.2, -0.15) is 5.10 Å². The molecule has 0 saturated carbocycles. The van der Waals surface area contributed by atoms with E-state index in [9.17, 15) is 4.79 Å². The smallest absolute Gasteiger partial charge is 0.234 e. The third-order valence-corrected chi connectivity index (χ3v) is 6.40. The van der Waals surface area contributed by atoms with Gasteiger partial charge in [0.2, 0.25) is 5.91 Å². The maximum absolute atomic E-state index is 12.5. The van der Waals surface area contributed by atoms with Crippen molar-refractivity contribution < 1.29 is 4.79 Å². The average molecular weight is 463 g/mol. The summed E-state index contributed by atoms with van der Waals surface area (Å²) < 4.78 is 3.65. The minimum absolute atomic E-state index is 0.0837. The second-order valence-electron chi connectivity index (χ2n) is 7.44. The summed E-state index contributed by atoms with van der Waals surface area (Å²) in [6.07, 6.45) is 3.71. The van der Waals surface area contributed by atoms with Crippen LogP contribution in [0.2, 0.25) is 5.02 Å². The van der Waals surface area contributed by atoms with Crippen molar-refractivity contribution in [1.82, 2.24) is 24.2 Å². The highest BCUT2D eigenvalue weighted by molar-refractivity contribution is 7.99. The van der Waals surface area contributed by atoms with Crippen LogP contribution in [0.5, 0.6) is 0 Å². The van der Waals surface area contributed by atoms with E-state index >= 15 is 0 Å². The number of aryl methyl sites for hydroxylation is 2. The summed E-state index contributed by atoms with van der Waals surface area (Å²) in [6.45, 7) is 3.97. The number of aromatic nitrogens is 5. The molecule has 32 heavy (non-hydrogen) atoms. The minimum atomic E-state index is -0.0837. The van der Waals surface area contributed by atoms with E-state index in [0.717, 1.165) is 33.6 Å². The van der Waals surface area contributed by atoms with Crippen LogP contribution in [0.1, 0.15) is 11.1 Å². The molecule has 5 aromatic rings. The van der Waals surface area contributed by atoms with Crippen molar-refractivity contribution in [3.05, 3.63) is 77.1 Å². The zero-order valence-corrected chi connectivity index (χ0v) is 19.0. The lowest BCUT2D eigenvalue weighted by atomic mass is 10.1. The van der Waals surface area contributed by atoms with E-state index in [2.05, 4.69) is 20.6 Å². The van der Waals surface area contributed by atoms with Gasteiger partial charge in [0.1, 0.15) is 5.52 Å². The maximum Gasteiger partial charge on any atom is 0.234 e. The van der Waals surface area contributed by atoms with Crippen molar-refractivity contribution >= 4 is 46.1 Å². The largest absolute Gasteiger partial charge is 0.325 e. The fourth-order valence-electron chi connectivity index (χ4n) is 3.57. The lowest BCUT2D eigenvalue weighted by Crippen LogP contribution is -2.16. The number of hydrogen-bond donors (Lipinski definition) is 1. The first-order valence-electron chi connectivity index (χ1n) is 9.97. The Kier molecular flexibility index (Phi) is 5.32. The van der Waals surface area contributed by atoms with Gasteiger partial charge in [-0.25, -0.2) is 4.52 Å². The van der Waals surface area contributed by atoms with Gasteiger partial charge in [0, 0.05) is 28.7 Å². The highest BCUT2D eigenvalue weighted by atomic mass is 35.5. The van der Waals surface area contributed by atoms with E-state index in [4.69, 9.17) is 11.6 Å². The number of nitrogens with one attached hydrogen (secondary N) is 1. The van der Waals surface area contributed by atoms with Crippen molar-refractivity contribution in [2.24, 2.45) is 0 Å². The predicted octanol–water partition coefficient (Wildman–Crippen LogP) is 5.05. The van der Waals surface area contributed by atoms with Gasteiger partial charge in [-0.15, -0.1) is 10.2 Å². The molecule has 5 rings (SSSR count). The first-order valence-corrected chi connectivity index (χ1v) is 11.3. The van der Waals surface area contributed by atoms with E-state index < -0.39 is 0 Å². The number of thioether (sulfide) groups is 1. The molecular weight excluding hydrogens is 444 g/mol. The van der Waals surface area contributed by atoms with Crippen LogP contribution in [-0.4, -0.2) is 35.9 Å². The molecule has 160 valence electrons. The Hall–Kier alpha value is -3.36. The summed E-state index contributed by atoms with van der Waals surface area (Å²) in [5.74, 6) is 0.147. The van der Waals surface area contributed by atoms with Crippen LogP contribution < -0.4 is 5.32 Å². The van der Waals surface area contributed by atoms with Gasteiger partial charge >= 0.3 is 0 Å². The molecule has 7 nitrogen and oxygen atoms in total. The fraction of sp³-hybridized carbons (Fsp3) is 0.130. The number of fused-ring (bicyclic) bond motifs is 3.